The third kappa shape index (κ3) is 6.97. The number of ether oxygens (including phenoxy) is 1. The Kier molecular flexibility index (Phi) is 7.03. The first-order valence-electron chi connectivity index (χ1n) is 7.09. The molecule has 0 aromatic heterocycles. The molecule has 0 fully saturated rings. The first-order valence-corrected chi connectivity index (χ1v) is 7.09. The molecular formula is C14H19F3N6O2. The summed E-state index contributed by atoms with van der Waals surface area (Å²) in [6.07, 6.45) is -3.96. The number of nitrogens with zero attached hydrogens (tertiary/aromatic N) is 2. The maximum absolute atomic E-state index is 12.9. The van der Waals surface area contributed by atoms with Crippen molar-refractivity contribution in [2.75, 3.05) is 19.0 Å². The molecule has 1 aromatic carbocycles. The van der Waals surface area contributed by atoms with Crippen molar-refractivity contribution in [2.24, 2.45) is 27.2 Å². The van der Waals surface area contributed by atoms with E-state index in [1.165, 1.54) is 13.2 Å². The van der Waals surface area contributed by atoms with Crippen LogP contribution in [0.3, 0.4) is 0 Å². The van der Waals surface area contributed by atoms with Crippen molar-refractivity contribution in [3.8, 4) is 0 Å². The monoisotopic (exact) mass is 360 g/mol. The van der Waals surface area contributed by atoms with Gasteiger partial charge in [-0.25, -0.2) is 4.99 Å². The second-order valence-corrected chi connectivity index (χ2v) is 4.84. The summed E-state index contributed by atoms with van der Waals surface area (Å²) in [5.41, 5.74) is 15.1. The van der Waals surface area contributed by atoms with E-state index in [-0.39, 0.29) is 29.7 Å². The Morgan fingerprint density at radius 1 is 1.28 bits per heavy atom. The second-order valence-electron chi connectivity index (χ2n) is 4.84. The number of nitrogens with one attached hydrogen (secondary N) is 1. The Hall–Kier alpha value is -2.98. The molecule has 0 spiro atoms. The molecule has 0 amide bonds. The predicted molar refractivity (Wildman–Crippen MR) is 88.3 cm³/mol. The van der Waals surface area contributed by atoms with Gasteiger partial charge in [0.05, 0.1) is 24.0 Å². The lowest BCUT2D eigenvalue weighted by atomic mass is 10.1. The summed E-state index contributed by atoms with van der Waals surface area (Å²) in [6.45, 7) is 0.311. The molecule has 0 unspecified atom stereocenters. The van der Waals surface area contributed by atoms with Crippen molar-refractivity contribution >= 4 is 29.3 Å². The molecule has 25 heavy (non-hydrogen) atoms. The van der Waals surface area contributed by atoms with Crippen LogP contribution in [0.4, 0.5) is 24.5 Å². The minimum Gasteiger partial charge on any atom is -0.469 e. The molecule has 0 saturated heterocycles. The van der Waals surface area contributed by atoms with E-state index in [2.05, 4.69) is 20.0 Å². The van der Waals surface area contributed by atoms with E-state index in [4.69, 9.17) is 17.2 Å². The quantitative estimate of drug-likeness (QED) is 0.261. The summed E-state index contributed by atoms with van der Waals surface area (Å²) in [4.78, 5) is 18.3. The smallest absolute Gasteiger partial charge is 0.416 e. The number of anilines is 1. The van der Waals surface area contributed by atoms with E-state index in [1.807, 2.05) is 0 Å². The Morgan fingerprint density at radius 2 is 1.96 bits per heavy atom. The minimum atomic E-state index is -4.54. The molecular weight excluding hydrogens is 341 g/mol. The zero-order valence-electron chi connectivity index (χ0n) is 13.4. The first-order chi connectivity index (χ1) is 11.6. The fourth-order valence-corrected chi connectivity index (χ4v) is 1.79. The number of carbonyl (C=O) groups excluding carboxylic acids is 1. The lowest BCUT2D eigenvalue weighted by Crippen LogP contribution is -2.26. The van der Waals surface area contributed by atoms with Gasteiger partial charge in [-0.1, -0.05) is 0 Å². The van der Waals surface area contributed by atoms with E-state index in [0.29, 0.717) is 13.0 Å². The number of guanidine groups is 2. The van der Waals surface area contributed by atoms with Gasteiger partial charge in [-0.2, -0.15) is 18.2 Å². The van der Waals surface area contributed by atoms with Crippen LogP contribution in [0.15, 0.2) is 28.2 Å². The molecule has 7 N–H and O–H groups in total. The van der Waals surface area contributed by atoms with Gasteiger partial charge in [0.25, 0.3) is 0 Å². The highest BCUT2D eigenvalue weighted by atomic mass is 19.4. The van der Waals surface area contributed by atoms with Gasteiger partial charge in [0, 0.05) is 13.0 Å². The fourth-order valence-electron chi connectivity index (χ4n) is 1.79. The highest BCUT2D eigenvalue weighted by Gasteiger charge is 2.31. The zero-order chi connectivity index (χ0) is 19.0. The van der Waals surface area contributed by atoms with Crippen LogP contribution < -0.4 is 22.5 Å². The largest absolute Gasteiger partial charge is 0.469 e. The maximum atomic E-state index is 12.9. The van der Waals surface area contributed by atoms with E-state index in [9.17, 15) is 18.0 Å². The molecule has 0 aliphatic heterocycles. The second kappa shape index (κ2) is 8.76. The summed E-state index contributed by atoms with van der Waals surface area (Å²) >= 11 is 0. The van der Waals surface area contributed by atoms with Crippen molar-refractivity contribution in [3.05, 3.63) is 23.8 Å². The van der Waals surface area contributed by atoms with Crippen molar-refractivity contribution in [1.29, 1.82) is 0 Å². The number of alkyl halides is 3. The number of carbonyl (C=O) groups is 1. The van der Waals surface area contributed by atoms with Crippen LogP contribution in [0.5, 0.6) is 0 Å². The highest BCUT2D eigenvalue weighted by molar-refractivity contribution is 5.94. The zero-order valence-corrected chi connectivity index (χ0v) is 13.4. The summed E-state index contributed by atoms with van der Waals surface area (Å²) < 4.78 is 43.1. The Labute approximate surface area is 141 Å². The minimum absolute atomic E-state index is 0.0876. The van der Waals surface area contributed by atoms with Gasteiger partial charge in [-0.3, -0.25) is 4.79 Å². The Bertz CT molecular complexity index is 669. The third-order valence-corrected chi connectivity index (χ3v) is 2.90. The van der Waals surface area contributed by atoms with Gasteiger partial charge in [-0.05, 0) is 24.6 Å². The Morgan fingerprint density at radius 3 is 2.52 bits per heavy atom. The number of methoxy groups -OCH3 is 1. The number of hydrogen-bond donors (Lipinski definition) is 4. The lowest BCUT2D eigenvalue weighted by Gasteiger charge is -2.13. The molecule has 1 rings (SSSR count). The van der Waals surface area contributed by atoms with Gasteiger partial charge in [0.15, 0.2) is 5.96 Å². The van der Waals surface area contributed by atoms with Crippen molar-refractivity contribution in [2.45, 2.75) is 19.0 Å². The molecule has 0 heterocycles. The number of benzene rings is 1. The lowest BCUT2D eigenvalue weighted by molar-refractivity contribution is -0.140. The van der Waals surface area contributed by atoms with Crippen LogP contribution in [-0.2, 0) is 15.7 Å². The molecule has 0 aliphatic carbocycles. The van der Waals surface area contributed by atoms with Crippen LogP contribution in [-0.4, -0.2) is 31.5 Å². The number of hydrogen-bond acceptors (Lipinski definition) is 4. The molecule has 11 heteroatoms. The molecule has 0 aliphatic rings. The summed E-state index contributed by atoms with van der Waals surface area (Å²) in [7, 11) is 1.27. The molecule has 0 radical (unpaired) electrons. The maximum Gasteiger partial charge on any atom is 0.416 e. The van der Waals surface area contributed by atoms with E-state index < -0.39 is 17.7 Å². The number of esters is 1. The number of nitrogens with two attached hydrogens (primary N) is 3. The van der Waals surface area contributed by atoms with Gasteiger partial charge >= 0.3 is 12.1 Å². The third-order valence-electron chi connectivity index (χ3n) is 2.90. The van der Waals surface area contributed by atoms with Crippen LogP contribution in [0, 0.1) is 0 Å². The van der Waals surface area contributed by atoms with Crippen LogP contribution >= 0.6 is 0 Å². The van der Waals surface area contributed by atoms with E-state index in [0.717, 1.165) is 12.1 Å². The molecule has 138 valence electrons. The average molecular weight is 360 g/mol. The molecule has 8 nitrogen and oxygen atoms in total. The standard InChI is InChI=1S/C14H19F3N6O2/c1-25-11(24)3-2-6-21-9-5-4-8(14(15,16)17)7-10(9)22-13(20)23-12(18)19/h4-5,7,21H,2-3,6H2,1H3,(H6,18,19,20,22,23). The number of aliphatic imine (C=N–C) groups is 2. The summed E-state index contributed by atoms with van der Waals surface area (Å²) in [5, 5.41) is 2.88. The summed E-state index contributed by atoms with van der Waals surface area (Å²) in [6, 6.07) is 2.93. The van der Waals surface area contributed by atoms with Crippen LogP contribution in [0.25, 0.3) is 0 Å². The molecule has 0 atom stereocenters. The van der Waals surface area contributed by atoms with E-state index >= 15 is 0 Å². The van der Waals surface area contributed by atoms with Gasteiger partial charge < -0.3 is 27.3 Å². The number of rotatable bonds is 6. The van der Waals surface area contributed by atoms with Gasteiger partial charge in [0.2, 0.25) is 5.96 Å². The van der Waals surface area contributed by atoms with Gasteiger partial charge in [0.1, 0.15) is 0 Å². The summed E-state index contributed by atoms with van der Waals surface area (Å²) in [5.74, 6) is -1.15. The predicted octanol–water partition coefficient (Wildman–Crippen LogP) is 1.29. The van der Waals surface area contributed by atoms with Crippen molar-refractivity contribution < 1.29 is 22.7 Å². The Balaban J connectivity index is 3.02. The topological polar surface area (TPSA) is 141 Å². The van der Waals surface area contributed by atoms with E-state index in [1.54, 1.807) is 0 Å². The fraction of sp³-hybridized carbons (Fsp3) is 0.357. The van der Waals surface area contributed by atoms with Gasteiger partial charge in [-0.15, -0.1) is 0 Å². The molecule has 1 aromatic rings. The molecule has 0 saturated carbocycles. The first kappa shape index (κ1) is 20.1. The average Bonchev–Trinajstić information content (AvgIpc) is 2.50. The van der Waals surface area contributed by atoms with Crippen molar-refractivity contribution in [3.63, 3.8) is 0 Å². The molecule has 0 bridgehead atoms. The highest BCUT2D eigenvalue weighted by Crippen LogP contribution is 2.35. The van der Waals surface area contributed by atoms with Crippen LogP contribution in [0.2, 0.25) is 0 Å². The van der Waals surface area contributed by atoms with Crippen molar-refractivity contribution in [1.82, 2.24) is 0 Å². The normalized spacial score (nSPS) is 11.8. The van der Waals surface area contributed by atoms with Crippen LogP contribution in [0.1, 0.15) is 18.4 Å². The number of halogens is 3. The SMILES string of the molecule is COC(=O)CCCNc1ccc(C(F)(F)F)cc1N=C(N)N=C(N)N.